The van der Waals surface area contributed by atoms with Crippen LogP contribution in [-0.4, -0.2) is 39.8 Å². The molecular formula is C15H16O7. The summed E-state index contributed by atoms with van der Waals surface area (Å²) in [5.74, 6) is -4.17. The summed E-state index contributed by atoms with van der Waals surface area (Å²) in [7, 11) is 0. The second-order valence-corrected chi connectivity index (χ2v) is 4.42. The monoisotopic (exact) mass is 308 g/mol. The Balaban J connectivity index is 3.20. The molecule has 0 amide bonds. The summed E-state index contributed by atoms with van der Waals surface area (Å²) in [4.78, 5) is 33.7. The number of ether oxygens (including phenoxy) is 1. The minimum absolute atomic E-state index is 0.0125. The molecule has 0 saturated heterocycles. The molecule has 3 N–H and O–H groups in total. The molecular weight excluding hydrogens is 292 g/mol. The molecule has 118 valence electrons. The first kappa shape index (κ1) is 17.2. The average molecular weight is 308 g/mol. The topological polar surface area (TPSA) is 121 Å². The molecule has 0 unspecified atom stereocenters. The van der Waals surface area contributed by atoms with Gasteiger partial charge in [-0.3, -0.25) is 0 Å². The van der Waals surface area contributed by atoms with Crippen LogP contribution in [0.4, 0.5) is 0 Å². The van der Waals surface area contributed by atoms with E-state index >= 15 is 0 Å². The van der Waals surface area contributed by atoms with Gasteiger partial charge in [0.1, 0.15) is 0 Å². The van der Waals surface area contributed by atoms with Crippen molar-refractivity contribution in [2.75, 3.05) is 6.61 Å². The molecule has 1 aromatic rings. The number of carbonyl (C=O) groups is 3. The normalized spacial score (nSPS) is 10.0. The highest BCUT2D eigenvalue weighted by atomic mass is 16.5. The minimum atomic E-state index is -1.46. The van der Waals surface area contributed by atoms with E-state index in [1.165, 1.54) is 6.26 Å². The summed E-state index contributed by atoms with van der Waals surface area (Å²) in [6.07, 6.45) is 2.42. The molecule has 1 aromatic carbocycles. The Labute approximate surface area is 126 Å². The maximum atomic E-state index is 11.4. The van der Waals surface area contributed by atoms with Crippen LogP contribution in [0.5, 0.6) is 0 Å². The van der Waals surface area contributed by atoms with E-state index < -0.39 is 29.0 Å². The van der Waals surface area contributed by atoms with E-state index in [1.807, 2.05) is 0 Å². The number of hydrogen-bond donors (Lipinski definition) is 3. The summed E-state index contributed by atoms with van der Waals surface area (Å²) in [6.45, 7) is 3.75. The zero-order valence-corrected chi connectivity index (χ0v) is 11.7. The van der Waals surface area contributed by atoms with Crippen molar-refractivity contribution in [3.8, 4) is 0 Å². The number of unbranched alkanes of at least 4 members (excludes halogenated alkanes) is 1. The summed E-state index contributed by atoms with van der Waals surface area (Å²) >= 11 is 0. The van der Waals surface area contributed by atoms with Gasteiger partial charge in [0.25, 0.3) is 0 Å². The lowest BCUT2D eigenvalue weighted by atomic mass is 9.92. The molecule has 0 aliphatic rings. The maximum Gasteiger partial charge on any atom is 0.336 e. The van der Waals surface area contributed by atoms with Gasteiger partial charge in [-0.2, -0.15) is 0 Å². The Bertz CT molecular complexity index is 604. The molecule has 0 aliphatic heterocycles. The van der Waals surface area contributed by atoms with Gasteiger partial charge in [0, 0.05) is 0 Å². The highest BCUT2D eigenvalue weighted by Gasteiger charge is 2.24. The summed E-state index contributed by atoms with van der Waals surface area (Å²) in [6, 6.07) is 2.12. The van der Waals surface area contributed by atoms with E-state index in [4.69, 9.17) is 14.9 Å². The number of rotatable bonds is 9. The zero-order valence-electron chi connectivity index (χ0n) is 11.7. The quantitative estimate of drug-likeness (QED) is 0.472. The van der Waals surface area contributed by atoms with E-state index in [2.05, 4.69) is 6.58 Å². The molecule has 0 aromatic heterocycles. The van der Waals surface area contributed by atoms with Gasteiger partial charge >= 0.3 is 17.9 Å². The molecule has 0 spiro atoms. The lowest BCUT2D eigenvalue weighted by molar-refractivity contribution is 0.0647. The highest BCUT2D eigenvalue weighted by molar-refractivity contribution is 6.05. The van der Waals surface area contributed by atoms with Crippen molar-refractivity contribution in [2.45, 2.75) is 19.3 Å². The van der Waals surface area contributed by atoms with E-state index in [1.54, 1.807) is 0 Å². The Kier molecular flexibility index (Phi) is 6.12. The largest absolute Gasteiger partial charge is 0.502 e. The number of carboxylic acid groups (broad SMARTS) is 3. The van der Waals surface area contributed by atoms with Gasteiger partial charge in [0.05, 0.1) is 29.6 Å². The van der Waals surface area contributed by atoms with Crippen LogP contribution >= 0.6 is 0 Å². The SMILES string of the molecule is C=COCCCCc1c(C(=O)O)ccc(C(=O)O)c1C(=O)O. The van der Waals surface area contributed by atoms with Gasteiger partial charge in [-0.15, -0.1) is 0 Å². The third kappa shape index (κ3) is 4.08. The Morgan fingerprint density at radius 2 is 1.59 bits per heavy atom. The zero-order chi connectivity index (χ0) is 16.7. The predicted molar refractivity (Wildman–Crippen MR) is 76.4 cm³/mol. The molecule has 7 heteroatoms. The third-order valence-electron chi connectivity index (χ3n) is 3.04. The molecule has 7 nitrogen and oxygen atoms in total. The molecule has 0 atom stereocenters. The van der Waals surface area contributed by atoms with Crippen LogP contribution in [-0.2, 0) is 11.2 Å². The van der Waals surface area contributed by atoms with Crippen LogP contribution in [0.15, 0.2) is 25.0 Å². The predicted octanol–water partition coefficient (Wildman–Crippen LogP) is 2.26. The first-order valence-corrected chi connectivity index (χ1v) is 6.48. The lowest BCUT2D eigenvalue weighted by Crippen LogP contribution is -2.16. The lowest BCUT2D eigenvalue weighted by Gasteiger charge is -2.12. The Morgan fingerprint density at radius 1 is 1.00 bits per heavy atom. The Hall–Kier alpha value is -2.83. The van der Waals surface area contributed by atoms with Crippen molar-refractivity contribution in [1.82, 2.24) is 0 Å². The number of benzene rings is 1. The minimum Gasteiger partial charge on any atom is -0.502 e. The van der Waals surface area contributed by atoms with Crippen LogP contribution in [0, 0.1) is 0 Å². The van der Waals surface area contributed by atoms with Crippen LogP contribution in [0.25, 0.3) is 0 Å². The molecule has 0 bridgehead atoms. The summed E-state index contributed by atoms with van der Waals surface area (Å²) < 4.78 is 4.93. The molecule has 1 rings (SSSR count). The first-order chi connectivity index (χ1) is 10.4. The number of aromatic carboxylic acids is 3. The van der Waals surface area contributed by atoms with E-state index in [-0.39, 0.29) is 17.5 Å². The molecule has 22 heavy (non-hydrogen) atoms. The van der Waals surface area contributed by atoms with Gasteiger partial charge < -0.3 is 20.1 Å². The second-order valence-electron chi connectivity index (χ2n) is 4.42. The average Bonchev–Trinajstić information content (AvgIpc) is 2.45. The molecule has 0 aliphatic carbocycles. The van der Waals surface area contributed by atoms with Gasteiger partial charge in [0.15, 0.2) is 0 Å². The summed E-state index contributed by atoms with van der Waals surface area (Å²) in [5.41, 5.74) is -1.09. The van der Waals surface area contributed by atoms with E-state index in [0.717, 1.165) is 12.1 Å². The van der Waals surface area contributed by atoms with Crippen molar-refractivity contribution >= 4 is 17.9 Å². The van der Waals surface area contributed by atoms with Gasteiger partial charge in [0.2, 0.25) is 0 Å². The van der Waals surface area contributed by atoms with Crippen molar-refractivity contribution in [3.63, 3.8) is 0 Å². The van der Waals surface area contributed by atoms with Gasteiger partial charge in [-0.25, -0.2) is 14.4 Å². The molecule has 0 radical (unpaired) electrons. The van der Waals surface area contributed by atoms with Crippen molar-refractivity contribution in [2.24, 2.45) is 0 Å². The summed E-state index contributed by atoms with van der Waals surface area (Å²) in [5, 5.41) is 27.5. The van der Waals surface area contributed by atoms with E-state index in [0.29, 0.717) is 19.4 Å². The van der Waals surface area contributed by atoms with Crippen LogP contribution in [0.2, 0.25) is 0 Å². The fourth-order valence-electron chi connectivity index (χ4n) is 2.10. The van der Waals surface area contributed by atoms with Crippen molar-refractivity contribution in [1.29, 1.82) is 0 Å². The number of hydrogen-bond acceptors (Lipinski definition) is 4. The first-order valence-electron chi connectivity index (χ1n) is 6.48. The fraction of sp³-hybridized carbons (Fsp3) is 0.267. The van der Waals surface area contributed by atoms with E-state index in [9.17, 15) is 19.5 Å². The van der Waals surface area contributed by atoms with Crippen LogP contribution in [0.3, 0.4) is 0 Å². The molecule has 0 saturated carbocycles. The van der Waals surface area contributed by atoms with Crippen LogP contribution < -0.4 is 0 Å². The fourth-order valence-corrected chi connectivity index (χ4v) is 2.10. The highest BCUT2D eigenvalue weighted by Crippen LogP contribution is 2.22. The van der Waals surface area contributed by atoms with Crippen LogP contribution in [0.1, 0.15) is 49.5 Å². The molecule has 0 fully saturated rings. The van der Waals surface area contributed by atoms with Gasteiger partial charge in [-0.05, 0) is 37.0 Å². The van der Waals surface area contributed by atoms with Gasteiger partial charge in [-0.1, -0.05) is 6.58 Å². The Morgan fingerprint density at radius 3 is 2.09 bits per heavy atom. The van der Waals surface area contributed by atoms with Crippen molar-refractivity contribution < 1.29 is 34.4 Å². The second kappa shape index (κ2) is 7.82. The van der Waals surface area contributed by atoms with Crippen molar-refractivity contribution in [3.05, 3.63) is 47.2 Å². The maximum absolute atomic E-state index is 11.4. The molecule has 0 heterocycles. The third-order valence-corrected chi connectivity index (χ3v) is 3.04. The smallest absolute Gasteiger partial charge is 0.336 e. The standard InChI is InChI=1S/C15H16O7/c1-2-22-8-4-3-5-9-10(13(16)17)6-7-11(14(18)19)12(9)15(20)21/h2,6-7H,1,3-5,8H2,(H,16,17)(H,18,19)(H,20,21). The number of carboxylic acids is 3.